The molecule has 0 spiro atoms. The van der Waals surface area contributed by atoms with Gasteiger partial charge in [0.15, 0.2) is 0 Å². The van der Waals surface area contributed by atoms with Gasteiger partial charge in [-0.15, -0.1) is 0 Å². The zero-order valence-corrected chi connectivity index (χ0v) is 9.07. The normalized spacial score (nSPS) is 23.5. The highest BCUT2D eigenvalue weighted by Gasteiger charge is 2.26. The van der Waals surface area contributed by atoms with Gasteiger partial charge in [-0.3, -0.25) is 4.90 Å². The van der Waals surface area contributed by atoms with Crippen LogP contribution in [0.15, 0.2) is 23.0 Å². The summed E-state index contributed by atoms with van der Waals surface area (Å²) in [6.45, 7) is 7.01. The first kappa shape index (κ1) is 9.78. The van der Waals surface area contributed by atoms with Crippen molar-refractivity contribution in [3.63, 3.8) is 0 Å². The molecule has 0 N–H and O–H groups in total. The van der Waals surface area contributed by atoms with Crippen molar-refractivity contribution >= 4 is 0 Å². The molecule has 2 heteroatoms. The van der Waals surface area contributed by atoms with Crippen LogP contribution < -0.4 is 0 Å². The van der Waals surface area contributed by atoms with Gasteiger partial charge in [-0.25, -0.2) is 0 Å². The second-order valence-electron chi connectivity index (χ2n) is 4.60. The molecule has 2 heterocycles. The lowest BCUT2D eigenvalue weighted by atomic mass is 10.1. The molecule has 1 aromatic rings. The molecule has 0 radical (unpaired) electrons. The topological polar surface area (TPSA) is 16.4 Å². The Morgan fingerprint density at radius 3 is 3.07 bits per heavy atom. The van der Waals surface area contributed by atoms with Gasteiger partial charge in [0, 0.05) is 18.2 Å². The van der Waals surface area contributed by atoms with E-state index >= 15 is 0 Å². The lowest BCUT2D eigenvalue weighted by Gasteiger charge is -2.25. The Bertz CT molecular complexity index is 266. The van der Waals surface area contributed by atoms with Crippen LogP contribution in [-0.4, -0.2) is 18.0 Å². The Morgan fingerprint density at radius 2 is 2.43 bits per heavy atom. The van der Waals surface area contributed by atoms with E-state index in [1.165, 1.54) is 31.5 Å². The molecule has 0 aliphatic carbocycles. The summed E-state index contributed by atoms with van der Waals surface area (Å²) in [7, 11) is 0. The van der Waals surface area contributed by atoms with E-state index in [9.17, 15) is 0 Å². The maximum atomic E-state index is 5.15. The average molecular weight is 193 g/mol. The molecule has 2 rings (SSSR count). The average Bonchev–Trinajstić information content (AvgIpc) is 2.70. The number of hydrogen-bond acceptors (Lipinski definition) is 2. The molecule has 78 valence electrons. The molecule has 1 saturated heterocycles. The highest BCUT2D eigenvalue weighted by molar-refractivity contribution is 5.13. The largest absolute Gasteiger partial charge is 0.472 e. The number of rotatable bonds is 3. The van der Waals surface area contributed by atoms with E-state index < -0.39 is 0 Å². The van der Waals surface area contributed by atoms with Crippen molar-refractivity contribution in [3.05, 3.63) is 24.2 Å². The molecule has 2 nitrogen and oxygen atoms in total. The minimum atomic E-state index is 0.608. The van der Waals surface area contributed by atoms with E-state index in [0.29, 0.717) is 6.04 Å². The van der Waals surface area contributed by atoms with Gasteiger partial charge in [0.2, 0.25) is 0 Å². The van der Waals surface area contributed by atoms with E-state index in [-0.39, 0.29) is 0 Å². The lowest BCUT2D eigenvalue weighted by Crippen LogP contribution is -2.27. The van der Waals surface area contributed by atoms with E-state index in [2.05, 4.69) is 24.8 Å². The Morgan fingerprint density at radius 1 is 1.57 bits per heavy atom. The molecule has 1 unspecified atom stereocenters. The van der Waals surface area contributed by atoms with Gasteiger partial charge in [0.1, 0.15) is 0 Å². The predicted octanol–water partition coefficient (Wildman–Crippen LogP) is 3.07. The Balaban J connectivity index is 2.04. The van der Waals surface area contributed by atoms with Gasteiger partial charge in [-0.2, -0.15) is 0 Å². The van der Waals surface area contributed by atoms with Gasteiger partial charge < -0.3 is 4.42 Å². The fourth-order valence-corrected chi connectivity index (χ4v) is 2.36. The summed E-state index contributed by atoms with van der Waals surface area (Å²) < 4.78 is 5.15. The van der Waals surface area contributed by atoms with Gasteiger partial charge in [-0.05, 0) is 31.4 Å². The van der Waals surface area contributed by atoms with Crippen LogP contribution in [0.5, 0.6) is 0 Å². The van der Waals surface area contributed by atoms with Crippen LogP contribution in [-0.2, 0) is 0 Å². The predicted molar refractivity (Wildman–Crippen MR) is 57.1 cm³/mol. The molecule has 1 fully saturated rings. The molecule has 1 aromatic heterocycles. The maximum Gasteiger partial charge on any atom is 0.0950 e. The van der Waals surface area contributed by atoms with Gasteiger partial charge in [0.05, 0.1) is 12.5 Å². The summed E-state index contributed by atoms with van der Waals surface area (Å²) in [5.74, 6) is 0.752. The van der Waals surface area contributed by atoms with Crippen molar-refractivity contribution in [3.8, 4) is 0 Å². The molecule has 1 atom stereocenters. The van der Waals surface area contributed by atoms with Crippen LogP contribution >= 0.6 is 0 Å². The Kier molecular flexibility index (Phi) is 2.92. The second-order valence-corrected chi connectivity index (χ2v) is 4.60. The van der Waals surface area contributed by atoms with Gasteiger partial charge in [-0.1, -0.05) is 13.8 Å². The first-order valence-corrected chi connectivity index (χ1v) is 5.53. The van der Waals surface area contributed by atoms with Crippen molar-refractivity contribution in [1.29, 1.82) is 0 Å². The van der Waals surface area contributed by atoms with E-state index in [1.54, 1.807) is 6.26 Å². The third-order valence-corrected chi connectivity index (χ3v) is 2.89. The molecule has 0 saturated carbocycles. The number of likely N-dealkylation sites (tertiary alicyclic amines) is 1. The van der Waals surface area contributed by atoms with E-state index in [0.717, 1.165) is 5.92 Å². The smallest absolute Gasteiger partial charge is 0.0950 e. The lowest BCUT2D eigenvalue weighted by molar-refractivity contribution is 0.228. The summed E-state index contributed by atoms with van der Waals surface area (Å²) in [5.41, 5.74) is 1.35. The Hall–Kier alpha value is -0.760. The first-order chi connectivity index (χ1) is 6.77. The summed E-state index contributed by atoms with van der Waals surface area (Å²) in [4.78, 5) is 2.58. The van der Waals surface area contributed by atoms with E-state index in [1.807, 2.05) is 6.26 Å². The fourth-order valence-electron chi connectivity index (χ4n) is 2.36. The third-order valence-electron chi connectivity index (χ3n) is 2.89. The summed E-state index contributed by atoms with van der Waals surface area (Å²) in [6, 6.07) is 2.71. The summed E-state index contributed by atoms with van der Waals surface area (Å²) in [6.07, 6.45) is 6.28. The van der Waals surface area contributed by atoms with E-state index in [4.69, 9.17) is 4.42 Å². The van der Waals surface area contributed by atoms with Gasteiger partial charge >= 0.3 is 0 Å². The SMILES string of the molecule is CC(C)CN1CCCC1c1ccoc1. The zero-order valence-electron chi connectivity index (χ0n) is 9.07. The third kappa shape index (κ3) is 2.01. The number of hydrogen-bond donors (Lipinski definition) is 0. The number of nitrogens with zero attached hydrogens (tertiary/aromatic N) is 1. The quantitative estimate of drug-likeness (QED) is 0.733. The highest BCUT2D eigenvalue weighted by Crippen LogP contribution is 2.32. The van der Waals surface area contributed by atoms with Crippen LogP contribution in [0.1, 0.15) is 38.3 Å². The highest BCUT2D eigenvalue weighted by atomic mass is 16.3. The standard InChI is InChI=1S/C12H19NO/c1-10(2)8-13-6-3-4-12(13)11-5-7-14-9-11/h5,7,9-10,12H,3-4,6,8H2,1-2H3. The molecule has 14 heavy (non-hydrogen) atoms. The van der Waals surface area contributed by atoms with Crippen LogP contribution in [0, 0.1) is 5.92 Å². The Labute approximate surface area is 85.9 Å². The molecular weight excluding hydrogens is 174 g/mol. The second kappa shape index (κ2) is 4.18. The molecule has 0 aromatic carbocycles. The molecule has 1 aliphatic rings. The molecular formula is C12H19NO. The summed E-state index contributed by atoms with van der Waals surface area (Å²) >= 11 is 0. The molecule has 0 amide bonds. The van der Waals surface area contributed by atoms with Crippen molar-refractivity contribution in [2.45, 2.75) is 32.7 Å². The zero-order chi connectivity index (χ0) is 9.97. The van der Waals surface area contributed by atoms with Crippen LogP contribution in [0.3, 0.4) is 0 Å². The van der Waals surface area contributed by atoms with Crippen LogP contribution in [0.25, 0.3) is 0 Å². The molecule has 0 bridgehead atoms. The molecule has 1 aliphatic heterocycles. The first-order valence-electron chi connectivity index (χ1n) is 5.53. The minimum absolute atomic E-state index is 0.608. The summed E-state index contributed by atoms with van der Waals surface area (Å²) in [5, 5.41) is 0. The minimum Gasteiger partial charge on any atom is -0.472 e. The van der Waals surface area contributed by atoms with Crippen molar-refractivity contribution in [1.82, 2.24) is 4.90 Å². The van der Waals surface area contributed by atoms with Gasteiger partial charge in [0.25, 0.3) is 0 Å². The number of furan rings is 1. The van der Waals surface area contributed by atoms with Crippen molar-refractivity contribution in [2.24, 2.45) is 5.92 Å². The fraction of sp³-hybridized carbons (Fsp3) is 0.667. The van der Waals surface area contributed by atoms with Crippen LogP contribution in [0.4, 0.5) is 0 Å². The maximum absolute atomic E-state index is 5.15. The van der Waals surface area contributed by atoms with Crippen LogP contribution in [0.2, 0.25) is 0 Å². The van der Waals surface area contributed by atoms with Crippen molar-refractivity contribution < 1.29 is 4.42 Å². The van der Waals surface area contributed by atoms with Crippen molar-refractivity contribution in [2.75, 3.05) is 13.1 Å². The monoisotopic (exact) mass is 193 g/mol.